The standard InChI is InChI=1S/C30H33N3O4S/c1-4-5-11-28-29(25-9-7-6-8-10-25)23(3)31-33(28)26-16-14-24(15-17-26)20-21-37-30(34)32-38(35,36)27-18-12-22(2)13-19-27/h6-10,12-19H,4-5,11,20-21H2,1-3H3,(H,32,34). The van der Waals surface area contributed by atoms with Gasteiger partial charge in [0.25, 0.3) is 10.0 Å². The Morgan fingerprint density at radius 1 is 0.921 bits per heavy atom. The lowest BCUT2D eigenvalue weighted by molar-refractivity contribution is 0.154. The second-order valence-electron chi connectivity index (χ2n) is 9.26. The molecule has 198 valence electrons. The van der Waals surface area contributed by atoms with E-state index in [0.717, 1.165) is 41.8 Å². The van der Waals surface area contributed by atoms with Crippen LogP contribution < -0.4 is 4.72 Å². The molecule has 8 heteroatoms. The topological polar surface area (TPSA) is 90.3 Å². The molecule has 0 saturated carbocycles. The summed E-state index contributed by atoms with van der Waals surface area (Å²) in [7, 11) is -3.97. The molecule has 0 unspecified atom stereocenters. The molecule has 7 nitrogen and oxygen atoms in total. The zero-order chi connectivity index (χ0) is 27.1. The van der Waals surface area contributed by atoms with E-state index in [0.29, 0.717) is 6.42 Å². The third-order valence-corrected chi connectivity index (χ3v) is 7.67. The van der Waals surface area contributed by atoms with Crippen molar-refractivity contribution in [1.29, 1.82) is 0 Å². The smallest absolute Gasteiger partial charge is 0.421 e. The number of hydrogen-bond acceptors (Lipinski definition) is 5. The first-order valence-corrected chi connectivity index (χ1v) is 14.3. The Labute approximate surface area is 224 Å². The minimum atomic E-state index is -3.97. The van der Waals surface area contributed by atoms with Crippen LogP contribution in [-0.4, -0.2) is 30.9 Å². The second kappa shape index (κ2) is 12.1. The van der Waals surface area contributed by atoms with Crippen LogP contribution in [-0.2, 0) is 27.6 Å². The highest BCUT2D eigenvalue weighted by atomic mass is 32.2. The number of unbranched alkanes of at least 4 members (excludes halogenated alkanes) is 1. The maximum atomic E-state index is 12.3. The molecule has 0 bridgehead atoms. The van der Waals surface area contributed by atoms with E-state index in [1.165, 1.54) is 29.0 Å². The normalized spacial score (nSPS) is 11.3. The summed E-state index contributed by atoms with van der Waals surface area (Å²) in [5.74, 6) is 0. The highest BCUT2D eigenvalue weighted by Gasteiger charge is 2.19. The number of hydrogen-bond donors (Lipinski definition) is 1. The number of carbonyl (C=O) groups is 1. The van der Waals surface area contributed by atoms with E-state index in [9.17, 15) is 13.2 Å². The van der Waals surface area contributed by atoms with E-state index in [1.807, 2.05) is 65.7 Å². The minimum absolute atomic E-state index is 0.0122. The lowest BCUT2D eigenvalue weighted by atomic mass is 10.0. The van der Waals surface area contributed by atoms with E-state index in [1.54, 1.807) is 12.1 Å². The average molecular weight is 532 g/mol. The predicted octanol–water partition coefficient (Wildman–Crippen LogP) is 6.16. The van der Waals surface area contributed by atoms with Crippen molar-refractivity contribution in [3.05, 3.63) is 101 Å². The molecule has 0 spiro atoms. The molecule has 0 radical (unpaired) electrons. The summed E-state index contributed by atoms with van der Waals surface area (Å²) < 4.78 is 33.8. The maximum absolute atomic E-state index is 12.3. The number of sulfonamides is 1. The monoisotopic (exact) mass is 531 g/mol. The van der Waals surface area contributed by atoms with Gasteiger partial charge < -0.3 is 4.74 Å². The van der Waals surface area contributed by atoms with Crippen molar-refractivity contribution < 1.29 is 17.9 Å². The van der Waals surface area contributed by atoms with Crippen LogP contribution in [0.5, 0.6) is 0 Å². The van der Waals surface area contributed by atoms with Gasteiger partial charge in [0.15, 0.2) is 0 Å². The number of carbonyl (C=O) groups excluding carboxylic acids is 1. The maximum Gasteiger partial charge on any atom is 0.421 e. The van der Waals surface area contributed by atoms with Crippen LogP contribution in [0.25, 0.3) is 16.8 Å². The second-order valence-corrected chi connectivity index (χ2v) is 10.9. The summed E-state index contributed by atoms with van der Waals surface area (Å²) in [6.45, 7) is 6.14. The molecular formula is C30H33N3O4S. The molecule has 0 atom stereocenters. The zero-order valence-electron chi connectivity index (χ0n) is 22.0. The van der Waals surface area contributed by atoms with Gasteiger partial charge in [-0.05, 0) is 62.1 Å². The van der Waals surface area contributed by atoms with Gasteiger partial charge in [-0.1, -0.05) is 73.5 Å². The van der Waals surface area contributed by atoms with Crippen LogP contribution in [0.3, 0.4) is 0 Å². The summed E-state index contributed by atoms with van der Waals surface area (Å²) in [4.78, 5) is 12.1. The summed E-state index contributed by atoms with van der Waals surface area (Å²) in [6.07, 6.45) is 2.55. The Bertz CT molecular complexity index is 1480. The molecule has 0 fully saturated rings. The Balaban J connectivity index is 1.41. The molecular weight excluding hydrogens is 498 g/mol. The molecule has 0 aliphatic rings. The fourth-order valence-electron chi connectivity index (χ4n) is 4.33. The van der Waals surface area contributed by atoms with Gasteiger partial charge in [0.05, 0.1) is 28.6 Å². The number of amides is 1. The van der Waals surface area contributed by atoms with Crippen LogP contribution in [0.2, 0.25) is 0 Å². The quantitative estimate of drug-likeness (QED) is 0.265. The molecule has 4 rings (SSSR count). The Morgan fingerprint density at radius 2 is 1.61 bits per heavy atom. The number of nitrogens with zero attached hydrogens (tertiary/aromatic N) is 2. The van der Waals surface area contributed by atoms with Gasteiger partial charge in [-0.25, -0.2) is 22.6 Å². The molecule has 3 aromatic carbocycles. The van der Waals surface area contributed by atoms with Crippen molar-refractivity contribution >= 4 is 16.1 Å². The van der Waals surface area contributed by atoms with Crippen LogP contribution in [0, 0.1) is 13.8 Å². The van der Waals surface area contributed by atoms with Crippen LogP contribution in [0.1, 0.15) is 42.3 Å². The Kier molecular flexibility index (Phi) is 8.63. The lowest BCUT2D eigenvalue weighted by Gasteiger charge is -2.11. The van der Waals surface area contributed by atoms with Gasteiger partial charge in [-0.3, -0.25) is 0 Å². The van der Waals surface area contributed by atoms with Gasteiger partial charge in [-0.2, -0.15) is 5.10 Å². The fraction of sp³-hybridized carbons (Fsp3) is 0.267. The van der Waals surface area contributed by atoms with E-state index in [4.69, 9.17) is 9.84 Å². The van der Waals surface area contributed by atoms with Crippen molar-refractivity contribution in [2.24, 2.45) is 0 Å². The van der Waals surface area contributed by atoms with E-state index in [2.05, 4.69) is 19.1 Å². The van der Waals surface area contributed by atoms with E-state index >= 15 is 0 Å². The molecule has 0 aliphatic carbocycles. The van der Waals surface area contributed by atoms with Gasteiger partial charge in [0, 0.05) is 12.0 Å². The summed E-state index contributed by atoms with van der Waals surface area (Å²) >= 11 is 0. The van der Waals surface area contributed by atoms with Gasteiger partial charge in [-0.15, -0.1) is 0 Å². The first-order chi connectivity index (χ1) is 18.3. The largest absolute Gasteiger partial charge is 0.448 e. The number of rotatable bonds is 10. The molecule has 38 heavy (non-hydrogen) atoms. The van der Waals surface area contributed by atoms with Gasteiger partial charge in [0.2, 0.25) is 0 Å². The highest BCUT2D eigenvalue weighted by Crippen LogP contribution is 2.30. The van der Waals surface area contributed by atoms with Crippen LogP contribution in [0.15, 0.2) is 83.8 Å². The van der Waals surface area contributed by atoms with Crippen molar-refractivity contribution in [1.82, 2.24) is 14.5 Å². The SMILES string of the molecule is CCCCc1c(-c2ccccc2)c(C)nn1-c1ccc(CCOC(=O)NS(=O)(=O)c2ccc(C)cc2)cc1. The number of ether oxygens (including phenoxy) is 1. The van der Waals surface area contributed by atoms with Gasteiger partial charge in [0.1, 0.15) is 0 Å². The minimum Gasteiger partial charge on any atom is -0.448 e. The molecule has 1 amide bonds. The number of aromatic nitrogens is 2. The van der Waals surface area contributed by atoms with Crippen molar-refractivity contribution in [3.63, 3.8) is 0 Å². The van der Waals surface area contributed by atoms with Crippen molar-refractivity contribution in [2.45, 2.75) is 51.3 Å². The molecule has 0 saturated heterocycles. The third-order valence-electron chi connectivity index (χ3n) is 6.34. The zero-order valence-corrected chi connectivity index (χ0v) is 22.8. The van der Waals surface area contributed by atoms with Crippen molar-refractivity contribution in [3.8, 4) is 16.8 Å². The first-order valence-electron chi connectivity index (χ1n) is 12.8. The molecule has 4 aromatic rings. The van der Waals surface area contributed by atoms with Crippen molar-refractivity contribution in [2.75, 3.05) is 6.61 Å². The van der Waals surface area contributed by atoms with Crippen LogP contribution in [0.4, 0.5) is 4.79 Å². The lowest BCUT2D eigenvalue weighted by Crippen LogP contribution is -2.31. The predicted molar refractivity (Wildman–Crippen MR) is 149 cm³/mol. The average Bonchev–Trinajstić information content (AvgIpc) is 3.24. The number of aryl methyl sites for hydroxylation is 2. The first kappa shape index (κ1) is 27.1. The molecule has 1 aromatic heterocycles. The summed E-state index contributed by atoms with van der Waals surface area (Å²) in [5.41, 5.74) is 7.39. The summed E-state index contributed by atoms with van der Waals surface area (Å²) in [6, 6.07) is 24.6. The van der Waals surface area contributed by atoms with Gasteiger partial charge >= 0.3 is 6.09 Å². The Hall–Kier alpha value is -3.91. The fourth-order valence-corrected chi connectivity index (χ4v) is 5.22. The third kappa shape index (κ3) is 6.50. The number of nitrogens with one attached hydrogen (secondary N) is 1. The van der Waals surface area contributed by atoms with Crippen LogP contribution >= 0.6 is 0 Å². The molecule has 1 heterocycles. The van der Waals surface area contributed by atoms with E-state index in [-0.39, 0.29) is 11.5 Å². The molecule has 1 N–H and O–H groups in total. The number of benzene rings is 3. The summed E-state index contributed by atoms with van der Waals surface area (Å²) in [5, 5.41) is 4.87. The van der Waals surface area contributed by atoms with E-state index < -0.39 is 16.1 Å². The Morgan fingerprint density at radius 3 is 2.26 bits per heavy atom. The molecule has 0 aliphatic heterocycles. The highest BCUT2D eigenvalue weighted by molar-refractivity contribution is 7.90.